The standard InChI is InChI=1S/C19H23N3O2/c1-4-24-16(23)10-7-11-22-12-20-18-17(13(2)3)21-15-9-6-5-8-14(15)19(18)22/h5-6,8-9,12-13H,4,7,10-11H2,1-3H3. The number of carbonyl (C=O) groups excluding carboxylic acids is 1. The fourth-order valence-electron chi connectivity index (χ4n) is 3.01. The average Bonchev–Trinajstić information content (AvgIpc) is 2.98. The molecule has 3 rings (SSSR count). The van der Waals surface area contributed by atoms with Gasteiger partial charge in [0.25, 0.3) is 0 Å². The van der Waals surface area contributed by atoms with E-state index in [0.29, 0.717) is 18.9 Å². The van der Waals surface area contributed by atoms with Gasteiger partial charge in [-0.15, -0.1) is 0 Å². The van der Waals surface area contributed by atoms with Crippen molar-refractivity contribution in [3.63, 3.8) is 0 Å². The third-order valence-corrected chi connectivity index (χ3v) is 4.11. The van der Waals surface area contributed by atoms with E-state index in [4.69, 9.17) is 9.72 Å². The van der Waals surface area contributed by atoms with Gasteiger partial charge in [0.2, 0.25) is 0 Å². The number of fused-ring (bicyclic) bond motifs is 3. The lowest BCUT2D eigenvalue weighted by Gasteiger charge is -2.11. The van der Waals surface area contributed by atoms with Crippen LogP contribution >= 0.6 is 0 Å². The number of aryl methyl sites for hydroxylation is 1. The molecule has 0 N–H and O–H groups in total. The minimum absolute atomic E-state index is 0.142. The predicted octanol–water partition coefficient (Wildman–Crippen LogP) is 4.05. The summed E-state index contributed by atoms with van der Waals surface area (Å²) in [6.07, 6.45) is 3.02. The normalized spacial score (nSPS) is 11.5. The highest BCUT2D eigenvalue weighted by atomic mass is 16.5. The number of aromatic nitrogens is 3. The zero-order valence-electron chi connectivity index (χ0n) is 14.5. The Bertz CT molecular complexity index is 868. The first kappa shape index (κ1) is 16.4. The van der Waals surface area contributed by atoms with Crippen molar-refractivity contribution < 1.29 is 9.53 Å². The lowest BCUT2D eigenvalue weighted by molar-refractivity contribution is -0.143. The van der Waals surface area contributed by atoms with Crippen LogP contribution in [-0.4, -0.2) is 27.1 Å². The van der Waals surface area contributed by atoms with Crippen molar-refractivity contribution in [1.82, 2.24) is 14.5 Å². The Hall–Kier alpha value is -2.43. The van der Waals surface area contributed by atoms with Gasteiger partial charge in [-0.3, -0.25) is 9.78 Å². The highest BCUT2D eigenvalue weighted by Crippen LogP contribution is 2.29. The van der Waals surface area contributed by atoms with Gasteiger partial charge in [-0.1, -0.05) is 32.0 Å². The quantitative estimate of drug-likeness (QED) is 0.642. The van der Waals surface area contributed by atoms with Gasteiger partial charge in [-0.2, -0.15) is 0 Å². The van der Waals surface area contributed by atoms with Crippen LogP contribution < -0.4 is 0 Å². The van der Waals surface area contributed by atoms with Crippen LogP contribution in [0.5, 0.6) is 0 Å². The van der Waals surface area contributed by atoms with Gasteiger partial charge in [0, 0.05) is 18.4 Å². The predicted molar refractivity (Wildman–Crippen MR) is 95.0 cm³/mol. The lowest BCUT2D eigenvalue weighted by Crippen LogP contribution is -2.06. The lowest BCUT2D eigenvalue weighted by atomic mass is 10.1. The molecule has 126 valence electrons. The number of hydrogen-bond donors (Lipinski definition) is 0. The maximum atomic E-state index is 11.5. The highest BCUT2D eigenvalue weighted by Gasteiger charge is 2.16. The van der Waals surface area contributed by atoms with Crippen LogP contribution in [0.15, 0.2) is 30.6 Å². The van der Waals surface area contributed by atoms with E-state index in [-0.39, 0.29) is 5.97 Å². The fraction of sp³-hybridized carbons (Fsp3) is 0.421. The minimum atomic E-state index is -0.142. The molecule has 0 bridgehead atoms. The Balaban J connectivity index is 1.99. The molecule has 3 aromatic rings. The van der Waals surface area contributed by atoms with Crippen LogP contribution in [0.4, 0.5) is 0 Å². The van der Waals surface area contributed by atoms with Crippen LogP contribution in [0.2, 0.25) is 0 Å². The number of benzene rings is 1. The monoisotopic (exact) mass is 325 g/mol. The molecule has 0 aliphatic rings. The molecule has 0 aliphatic carbocycles. The van der Waals surface area contributed by atoms with Crippen LogP contribution in [0.25, 0.3) is 21.9 Å². The van der Waals surface area contributed by atoms with Crippen molar-refractivity contribution in [1.29, 1.82) is 0 Å². The maximum Gasteiger partial charge on any atom is 0.305 e. The molecule has 2 heterocycles. The summed E-state index contributed by atoms with van der Waals surface area (Å²) >= 11 is 0. The largest absolute Gasteiger partial charge is 0.466 e. The first-order valence-electron chi connectivity index (χ1n) is 8.51. The second-order valence-electron chi connectivity index (χ2n) is 6.21. The molecule has 0 atom stereocenters. The number of imidazole rings is 1. The molecular weight excluding hydrogens is 302 g/mol. The zero-order chi connectivity index (χ0) is 17.1. The number of rotatable bonds is 6. The zero-order valence-corrected chi connectivity index (χ0v) is 14.5. The van der Waals surface area contributed by atoms with Gasteiger partial charge in [0.1, 0.15) is 5.52 Å². The topological polar surface area (TPSA) is 57.0 Å². The second-order valence-corrected chi connectivity index (χ2v) is 6.21. The van der Waals surface area contributed by atoms with Gasteiger partial charge in [0.05, 0.1) is 29.7 Å². The second kappa shape index (κ2) is 6.99. The van der Waals surface area contributed by atoms with E-state index >= 15 is 0 Å². The minimum Gasteiger partial charge on any atom is -0.466 e. The molecule has 0 amide bonds. The molecule has 0 saturated carbocycles. The summed E-state index contributed by atoms with van der Waals surface area (Å²) in [7, 11) is 0. The first-order valence-corrected chi connectivity index (χ1v) is 8.51. The molecule has 0 fully saturated rings. The van der Waals surface area contributed by atoms with Gasteiger partial charge in [0.15, 0.2) is 0 Å². The number of hydrogen-bond acceptors (Lipinski definition) is 4. The number of para-hydroxylation sites is 1. The van der Waals surface area contributed by atoms with Crippen molar-refractivity contribution in [3.8, 4) is 0 Å². The van der Waals surface area contributed by atoms with E-state index < -0.39 is 0 Å². The van der Waals surface area contributed by atoms with Gasteiger partial charge < -0.3 is 9.30 Å². The summed E-state index contributed by atoms with van der Waals surface area (Å²) in [6, 6.07) is 8.15. The molecule has 5 nitrogen and oxygen atoms in total. The van der Waals surface area contributed by atoms with Crippen LogP contribution in [0.1, 0.15) is 45.2 Å². The van der Waals surface area contributed by atoms with E-state index in [0.717, 1.165) is 40.6 Å². The highest BCUT2D eigenvalue weighted by molar-refractivity contribution is 6.03. The van der Waals surface area contributed by atoms with E-state index in [9.17, 15) is 4.79 Å². The molecule has 0 radical (unpaired) electrons. The van der Waals surface area contributed by atoms with Gasteiger partial charge in [-0.05, 0) is 25.3 Å². The van der Waals surface area contributed by atoms with E-state index in [1.807, 2.05) is 31.5 Å². The average molecular weight is 325 g/mol. The molecule has 0 unspecified atom stereocenters. The maximum absolute atomic E-state index is 11.5. The van der Waals surface area contributed by atoms with E-state index in [1.165, 1.54) is 0 Å². The van der Waals surface area contributed by atoms with Crippen molar-refractivity contribution >= 4 is 27.9 Å². The molecule has 0 saturated heterocycles. The number of esters is 1. The summed E-state index contributed by atoms with van der Waals surface area (Å²) in [5.74, 6) is 0.163. The first-order chi connectivity index (χ1) is 11.6. The SMILES string of the molecule is CCOC(=O)CCCn1cnc2c(C(C)C)nc3ccccc3c21. The van der Waals surface area contributed by atoms with Crippen LogP contribution in [0, 0.1) is 0 Å². The molecule has 5 heteroatoms. The third kappa shape index (κ3) is 3.11. The summed E-state index contributed by atoms with van der Waals surface area (Å²) in [5, 5.41) is 1.10. The Kier molecular flexibility index (Phi) is 4.79. The summed E-state index contributed by atoms with van der Waals surface area (Å²) < 4.78 is 7.13. The summed E-state index contributed by atoms with van der Waals surface area (Å²) in [4.78, 5) is 20.9. The smallest absolute Gasteiger partial charge is 0.305 e. The molecule has 0 aliphatic heterocycles. The Morgan fingerprint density at radius 2 is 2.08 bits per heavy atom. The Labute approximate surface area is 141 Å². The van der Waals surface area contributed by atoms with Crippen LogP contribution in [-0.2, 0) is 16.1 Å². The van der Waals surface area contributed by atoms with Crippen molar-refractivity contribution in [3.05, 3.63) is 36.3 Å². The molecule has 1 aromatic carbocycles. The fourth-order valence-corrected chi connectivity index (χ4v) is 3.01. The van der Waals surface area contributed by atoms with Gasteiger partial charge in [-0.25, -0.2) is 4.98 Å². The number of nitrogens with zero attached hydrogens (tertiary/aromatic N) is 3. The van der Waals surface area contributed by atoms with Crippen molar-refractivity contribution in [2.45, 2.75) is 46.1 Å². The summed E-state index contributed by atoms with van der Waals surface area (Å²) in [5.41, 5.74) is 4.07. The molecule has 0 spiro atoms. The molecular formula is C19H23N3O2. The third-order valence-electron chi connectivity index (χ3n) is 4.11. The Morgan fingerprint density at radius 1 is 1.29 bits per heavy atom. The Morgan fingerprint density at radius 3 is 2.83 bits per heavy atom. The van der Waals surface area contributed by atoms with E-state index in [2.05, 4.69) is 29.5 Å². The molecule has 2 aromatic heterocycles. The summed E-state index contributed by atoms with van der Waals surface area (Å²) in [6.45, 7) is 7.27. The van der Waals surface area contributed by atoms with Crippen molar-refractivity contribution in [2.75, 3.05) is 6.61 Å². The number of pyridine rings is 1. The number of ether oxygens (including phenoxy) is 1. The van der Waals surface area contributed by atoms with Crippen LogP contribution in [0.3, 0.4) is 0 Å². The van der Waals surface area contributed by atoms with E-state index in [1.54, 1.807) is 0 Å². The van der Waals surface area contributed by atoms with Gasteiger partial charge >= 0.3 is 5.97 Å². The number of carbonyl (C=O) groups is 1. The molecule has 24 heavy (non-hydrogen) atoms. The van der Waals surface area contributed by atoms with Crippen molar-refractivity contribution in [2.24, 2.45) is 0 Å².